The van der Waals surface area contributed by atoms with E-state index in [2.05, 4.69) is 10.4 Å². The Labute approximate surface area is 190 Å². The number of hydrogen-bond acceptors (Lipinski definition) is 5. The highest BCUT2D eigenvalue weighted by Gasteiger charge is 2.19. The second-order valence-electron chi connectivity index (χ2n) is 7.71. The SMILES string of the molecule is Cc1cccc(NC(=O)COC(=O)c2nn(Cc3ccccc3)c(=O)c3ccccc23)c1C. The molecule has 4 aromatic rings. The zero-order chi connectivity index (χ0) is 23.4. The van der Waals surface area contributed by atoms with E-state index in [1.807, 2.05) is 56.3 Å². The highest BCUT2D eigenvalue weighted by molar-refractivity contribution is 6.03. The van der Waals surface area contributed by atoms with Crippen LogP contribution in [0.25, 0.3) is 10.8 Å². The normalized spacial score (nSPS) is 10.7. The maximum atomic E-state index is 12.9. The van der Waals surface area contributed by atoms with Crippen molar-refractivity contribution in [3.8, 4) is 0 Å². The van der Waals surface area contributed by atoms with Crippen molar-refractivity contribution in [3.05, 3.63) is 106 Å². The topological polar surface area (TPSA) is 90.3 Å². The summed E-state index contributed by atoms with van der Waals surface area (Å²) in [6, 6.07) is 21.7. The minimum absolute atomic E-state index is 0.0133. The van der Waals surface area contributed by atoms with Crippen LogP contribution in [0, 0.1) is 13.8 Å². The molecular formula is C26H23N3O4. The van der Waals surface area contributed by atoms with Crippen molar-refractivity contribution in [1.29, 1.82) is 0 Å². The summed E-state index contributed by atoms with van der Waals surface area (Å²) >= 11 is 0. The molecule has 0 aliphatic rings. The van der Waals surface area contributed by atoms with Crippen molar-refractivity contribution in [2.45, 2.75) is 20.4 Å². The van der Waals surface area contributed by atoms with Crippen molar-refractivity contribution in [1.82, 2.24) is 9.78 Å². The van der Waals surface area contributed by atoms with Crippen LogP contribution in [-0.2, 0) is 16.1 Å². The molecule has 0 fully saturated rings. The highest BCUT2D eigenvalue weighted by atomic mass is 16.5. The molecule has 1 amide bonds. The van der Waals surface area contributed by atoms with Crippen LogP contribution in [0.15, 0.2) is 77.6 Å². The second-order valence-corrected chi connectivity index (χ2v) is 7.71. The van der Waals surface area contributed by atoms with Crippen LogP contribution >= 0.6 is 0 Å². The lowest BCUT2D eigenvalue weighted by atomic mass is 10.1. The molecule has 166 valence electrons. The molecule has 0 aliphatic heterocycles. The lowest BCUT2D eigenvalue weighted by molar-refractivity contribution is -0.119. The summed E-state index contributed by atoms with van der Waals surface area (Å²) < 4.78 is 6.50. The van der Waals surface area contributed by atoms with Crippen LogP contribution in [0.1, 0.15) is 27.2 Å². The number of aromatic nitrogens is 2. The Kier molecular flexibility index (Phi) is 6.31. The van der Waals surface area contributed by atoms with Gasteiger partial charge in [-0.05, 0) is 42.7 Å². The molecule has 7 nitrogen and oxygen atoms in total. The molecule has 7 heteroatoms. The minimum Gasteiger partial charge on any atom is -0.451 e. The number of ether oxygens (including phenoxy) is 1. The first kappa shape index (κ1) is 22.0. The van der Waals surface area contributed by atoms with Gasteiger partial charge in [-0.3, -0.25) is 9.59 Å². The Bertz CT molecular complexity index is 1390. The van der Waals surface area contributed by atoms with Crippen molar-refractivity contribution in [2.24, 2.45) is 0 Å². The van der Waals surface area contributed by atoms with Gasteiger partial charge in [0, 0.05) is 11.1 Å². The molecule has 0 radical (unpaired) electrons. The van der Waals surface area contributed by atoms with E-state index in [4.69, 9.17) is 4.74 Å². The van der Waals surface area contributed by atoms with Gasteiger partial charge in [-0.1, -0.05) is 60.7 Å². The molecule has 0 bridgehead atoms. The number of esters is 1. The van der Waals surface area contributed by atoms with Gasteiger partial charge in [0.15, 0.2) is 12.3 Å². The Morgan fingerprint density at radius 3 is 2.36 bits per heavy atom. The van der Waals surface area contributed by atoms with Gasteiger partial charge in [-0.25, -0.2) is 9.48 Å². The van der Waals surface area contributed by atoms with Gasteiger partial charge in [0.25, 0.3) is 11.5 Å². The molecule has 0 spiro atoms. The third kappa shape index (κ3) is 4.82. The molecule has 4 rings (SSSR count). The van der Waals surface area contributed by atoms with E-state index >= 15 is 0 Å². The van der Waals surface area contributed by atoms with Gasteiger partial charge >= 0.3 is 5.97 Å². The summed E-state index contributed by atoms with van der Waals surface area (Å²) in [6.45, 7) is 3.59. The number of amides is 1. The fraction of sp³-hybridized carbons (Fsp3) is 0.154. The van der Waals surface area contributed by atoms with Crippen molar-refractivity contribution >= 4 is 28.3 Å². The van der Waals surface area contributed by atoms with Crippen LogP contribution < -0.4 is 10.9 Å². The lowest BCUT2D eigenvalue weighted by Crippen LogP contribution is -2.28. The molecule has 1 heterocycles. The molecule has 0 atom stereocenters. The molecule has 0 aliphatic carbocycles. The number of anilines is 1. The van der Waals surface area contributed by atoms with Crippen molar-refractivity contribution < 1.29 is 14.3 Å². The van der Waals surface area contributed by atoms with Crippen LogP contribution in [0.4, 0.5) is 5.69 Å². The molecule has 3 aromatic carbocycles. The minimum atomic E-state index is -0.774. The Balaban J connectivity index is 1.57. The second kappa shape index (κ2) is 9.48. The molecule has 0 saturated heterocycles. The van der Waals surface area contributed by atoms with Crippen molar-refractivity contribution in [2.75, 3.05) is 11.9 Å². The zero-order valence-electron chi connectivity index (χ0n) is 18.4. The van der Waals surface area contributed by atoms with E-state index in [-0.39, 0.29) is 17.8 Å². The molecule has 1 aromatic heterocycles. The van der Waals surface area contributed by atoms with Crippen LogP contribution in [0.5, 0.6) is 0 Å². The number of benzene rings is 3. The third-order valence-corrected chi connectivity index (χ3v) is 5.45. The molecule has 0 saturated carbocycles. The van der Waals surface area contributed by atoms with Crippen molar-refractivity contribution in [3.63, 3.8) is 0 Å². The first-order valence-corrected chi connectivity index (χ1v) is 10.5. The smallest absolute Gasteiger partial charge is 0.359 e. The van der Waals surface area contributed by atoms with Gasteiger partial charge in [0.05, 0.1) is 11.9 Å². The lowest BCUT2D eigenvalue weighted by Gasteiger charge is -2.12. The highest BCUT2D eigenvalue weighted by Crippen LogP contribution is 2.18. The predicted molar refractivity (Wildman–Crippen MR) is 126 cm³/mol. The molecule has 1 N–H and O–H groups in total. The van der Waals surface area contributed by atoms with Gasteiger partial charge < -0.3 is 10.1 Å². The van der Waals surface area contributed by atoms with Crippen LogP contribution in [0.2, 0.25) is 0 Å². The first-order valence-electron chi connectivity index (χ1n) is 10.5. The Hall–Kier alpha value is -4.26. The summed E-state index contributed by atoms with van der Waals surface area (Å²) in [6.07, 6.45) is 0. The monoisotopic (exact) mass is 441 g/mol. The molecule has 33 heavy (non-hydrogen) atoms. The third-order valence-electron chi connectivity index (χ3n) is 5.45. The van der Waals surface area contributed by atoms with E-state index in [1.165, 1.54) is 4.68 Å². The van der Waals surface area contributed by atoms with E-state index in [9.17, 15) is 14.4 Å². The number of rotatable bonds is 6. The average Bonchev–Trinajstić information content (AvgIpc) is 2.83. The predicted octanol–water partition coefficient (Wildman–Crippen LogP) is 3.86. The Morgan fingerprint density at radius 1 is 0.909 bits per heavy atom. The summed E-state index contributed by atoms with van der Waals surface area (Å²) in [7, 11) is 0. The van der Waals surface area contributed by atoms with E-state index in [0.29, 0.717) is 16.5 Å². The number of nitrogens with one attached hydrogen (secondary N) is 1. The number of aryl methyl sites for hydroxylation is 1. The van der Waals surface area contributed by atoms with Crippen LogP contribution in [0.3, 0.4) is 0 Å². The summed E-state index contributed by atoms with van der Waals surface area (Å²) in [5.74, 6) is -1.23. The molecule has 0 unspecified atom stereocenters. The van der Waals surface area contributed by atoms with E-state index in [0.717, 1.165) is 16.7 Å². The number of carbonyl (C=O) groups is 2. The number of hydrogen-bond donors (Lipinski definition) is 1. The standard InChI is InChI=1S/C26H23N3O4/c1-17-9-8-14-22(18(17)2)27-23(30)16-33-26(32)24-20-12-6-7-13-21(20)25(31)29(28-24)15-19-10-4-3-5-11-19/h3-14H,15-16H2,1-2H3,(H,27,30). The van der Waals surface area contributed by atoms with Gasteiger partial charge in [0.2, 0.25) is 0 Å². The summed E-state index contributed by atoms with van der Waals surface area (Å²) in [5, 5.41) is 7.78. The van der Waals surface area contributed by atoms with E-state index < -0.39 is 18.5 Å². The van der Waals surface area contributed by atoms with Gasteiger partial charge in [-0.15, -0.1) is 0 Å². The fourth-order valence-electron chi connectivity index (χ4n) is 3.52. The van der Waals surface area contributed by atoms with Gasteiger partial charge in [-0.2, -0.15) is 5.10 Å². The average molecular weight is 441 g/mol. The first-order chi connectivity index (χ1) is 15.9. The number of nitrogens with zero attached hydrogens (tertiary/aromatic N) is 2. The van der Waals surface area contributed by atoms with E-state index in [1.54, 1.807) is 30.3 Å². The fourth-order valence-corrected chi connectivity index (χ4v) is 3.52. The summed E-state index contributed by atoms with van der Waals surface area (Å²) in [4.78, 5) is 38.2. The van der Waals surface area contributed by atoms with Crippen LogP contribution in [-0.4, -0.2) is 28.3 Å². The maximum Gasteiger partial charge on any atom is 0.359 e. The number of carbonyl (C=O) groups excluding carboxylic acids is 2. The quantitative estimate of drug-likeness (QED) is 0.459. The zero-order valence-corrected chi connectivity index (χ0v) is 18.4. The summed E-state index contributed by atoms with van der Waals surface area (Å²) in [5.41, 5.74) is 3.20. The number of fused-ring (bicyclic) bond motifs is 1. The largest absolute Gasteiger partial charge is 0.451 e. The Morgan fingerprint density at radius 2 is 1.61 bits per heavy atom. The molecular weight excluding hydrogens is 418 g/mol. The maximum absolute atomic E-state index is 12.9. The van der Waals surface area contributed by atoms with Gasteiger partial charge in [0.1, 0.15) is 0 Å².